The Balaban J connectivity index is 1.89. The van der Waals surface area contributed by atoms with E-state index in [2.05, 4.69) is 5.32 Å². The summed E-state index contributed by atoms with van der Waals surface area (Å²) in [5.41, 5.74) is 1.01. The summed E-state index contributed by atoms with van der Waals surface area (Å²) in [5, 5.41) is 4.65. The predicted molar refractivity (Wildman–Crippen MR) is 89.0 cm³/mol. The fourth-order valence-corrected chi connectivity index (χ4v) is 2.68. The molecular formula is C15H21ClN2O2S. The van der Waals surface area contributed by atoms with E-state index in [0.717, 1.165) is 37.3 Å². The van der Waals surface area contributed by atoms with Crippen LogP contribution in [0.2, 0.25) is 5.02 Å². The predicted octanol–water partition coefficient (Wildman–Crippen LogP) is 2.83. The first-order valence-corrected chi connectivity index (χ1v) is 7.81. The number of ether oxygens (including phenoxy) is 2. The van der Waals surface area contributed by atoms with E-state index in [4.69, 9.17) is 33.3 Å². The number of benzene rings is 1. The van der Waals surface area contributed by atoms with E-state index in [0.29, 0.717) is 16.7 Å². The van der Waals surface area contributed by atoms with Gasteiger partial charge in [-0.2, -0.15) is 0 Å². The standard InChI is InChI=1S/C15H21ClN2O2S/c1-18(15(21)17-9-13-4-3-7-20-13)10-11-8-12(16)5-6-14(11)19-2/h5-6,8,13H,3-4,7,9-10H2,1-2H3,(H,17,21)/t13-/m0/s1. The van der Waals surface area contributed by atoms with Crippen molar-refractivity contribution >= 4 is 28.9 Å². The van der Waals surface area contributed by atoms with Gasteiger partial charge < -0.3 is 19.7 Å². The summed E-state index contributed by atoms with van der Waals surface area (Å²) in [5.74, 6) is 0.813. The summed E-state index contributed by atoms with van der Waals surface area (Å²) in [7, 11) is 3.60. The van der Waals surface area contributed by atoms with Crippen LogP contribution < -0.4 is 10.1 Å². The van der Waals surface area contributed by atoms with Crippen LogP contribution in [0.1, 0.15) is 18.4 Å². The Bertz CT molecular complexity index is 493. The molecule has 116 valence electrons. The van der Waals surface area contributed by atoms with Gasteiger partial charge in [0, 0.05) is 37.3 Å². The smallest absolute Gasteiger partial charge is 0.169 e. The molecule has 1 aromatic carbocycles. The maximum absolute atomic E-state index is 6.05. The zero-order valence-electron chi connectivity index (χ0n) is 12.4. The first kappa shape index (κ1) is 16.3. The molecule has 1 heterocycles. The Morgan fingerprint density at radius 3 is 3.05 bits per heavy atom. The van der Waals surface area contributed by atoms with Crippen molar-refractivity contribution in [3.05, 3.63) is 28.8 Å². The lowest BCUT2D eigenvalue weighted by Gasteiger charge is -2.23. The van der Waals surface area contributed by atoms with E-state index < -0.39 is 0 Å². The number of hydrogen-bond donors (Lipinski definition) is 1. The van der Waals surface area contributed by atoms with E-state index in [1.54, 1.807) is 7.11 Å². The molecule has 1 aliphatic rings. The number of halogens is 1. The van der Waals surface area contributed by atoms with Gasteiger partial charge in [0.1, 0.15) is 5.75 Å². The number of nitrogens with zero attached hydrogens (tertiary/aromatic N) is 1. The second-order valence-corrected chi connectivity index (χ2v) is 5.96. The van der Waals surface area contributed by atoms with E-state index in [1.807, 2.05) is 30.1 Å². The van der Waals surface area contributed by atoms with Gasteiger partial charge in [-0.3, -0.25) is 0 Å². The van der Waals surface area contributed by atoms with Crippen molar-refractivity contribution in [3.8, 4) is 5.75 Å². The third-order valence-corrected chi connectivity index (χ3v) is 4.19. The van der Waals surface area contributed by atoms with Crippen molar-refractivity contribution in [2.24, 2.45) is 0 Å². The van der Waals surface area contributed by atoms with Crippen LogP contribution in [0.15, 0.2) is 18.2 Å². The molecule has 1 aliphatic heterocycles. The molecule has 2 rings (SSSR count). The van der Waals surface area contributed by atoms with Crippen molar-refractivity contribution in [1.82, 2.24) is 10.2 Å². The van der Waals surface area contributed by atoms with Gasteiger partial charge in [-0.15, -0.1) is 0 Å². The molecule has 1 atom stereocenters. The van der Waals surface area contributed by atoms with E-state index in [-0.39, 0.29) is 6.10 Å². The summed E-state index contributed by atoms with van der Waals surface area (Å²) < 4.78 is 10.9. The highest BCUT2D eigenvalue weighted by atomic mass is 35.5. The molecule has 6 heteroatoms. The molecule has 21 heavy (non-hydrogen) atoms. The van der Waals surface area contributed by atoms with Gasteiger partial charge in [0.05, 0.1) is 13.2 Å². The van der Waals surface area contributed by atoms with E-state index in [9.17, 15) is 0 Å². The van der Waals surface area contributed by atoms with Crippen LogP contribution >= 0.6 is 23.8 Å². The van der Waals surface area contributed by atoms with Crippen LogP contribution in [0, 0.1) is 0 Å². The number of methoxy groups -OCH3 is 1. The molecule has 4 nitrogen and oxygen atoms in total. The maximum Gasteiger partial charge on any atom is 0.169 e. The zero-order valence-corrected chi connectivity index (χ0v) is 14.0. The van der Waals surface area contributed by atoms with Crippen LogP contribution in [0.25, 0.3) is 0 Å². The molecule has 0 saturated carbocycles. The minimum atomic E-state index is 0.275. The Labute approximate surface area is 136 Å². The van der Waals surface area contributed by atoms with Gasteiger partial charge in [-0.25, -0.2) is 0 Å². The van der Waals surface area contributed by atoms with Gasteiger partial charge in [0.2, 0.25) is 0 Å². The minimum absolute atomic E-state index is 0.275. The average molecular weight is 329 g/mol. The number of rotatable bonds is 5. The molecule has 0 amide bonds. The summed E-state index contributed by atoms with van der Waals surface area (Å²) in [6.45, 7) is 2.26. The maximum atomic E-state index is 6.05. The van der Waals surface area contributed by atoms with Gasteiger partial charge in [0.25, 0.3) is 0 Å². The van der Waals surface area contributed by atoms with Crippen molar-refractivity contribution in [3.63, 3.8) is 0 Å². The summed E-state index contributed by atoms with van der Waals surface area (Å²) in [6.07, 6.45) is 2.51. The van der Waals surface area contributed by atoms with E-state index in [1.165, 1.54) is 0 Å². The molecule has 0 aromatic heterocycles. The first-order valence-electron chi connectivity index (χ1n) is 7.03. The number of thiocarbonyl (C=S) groups is 1. The third kappa shape index (κ3) is 4.73. The Kier molecular flexibility index (Phi) is 6.08. The summed E-state index contributed by atoms with van der Waals surface area (Å²) >= 11 is 11.5. The molecule has 1 saturated heterocycles. The lowest BCUT2D eigenvalue weighted by atomic mass is 10.2. The second kappa shape index (κ2) is 7.82. The third-order valence-electron chi connectivity index (χ3n) is 3.50. The summed E-state index contributed by atoms with van der Waals surface area (Å²) in [6, 6.07) is 5.59. The quantitative estimate of drug-likeness (QED) is 0.841. The van der Waals surface area contributed by atoms with Crippen LogP contribution in [0.4, 0.5) is 0 Å². The van der Waals surface area contributed by atoms with Gasteiger partial charge >= 0.3 is 0 Å². The Morgan fingerprint density at radius 1 is 1.57 bits per heavy atom. The Hall–Kier alpha value is -1.04. The van der Waals surface area contributed by atoms with E-state index >= 15 is 0 Å². The molecule has 0 unspecified atom stereocenters. The monoisotopic (exact) mass is 328 g/mol. The first-order chi connectivity index (χ1) is 10.1. The fraction of sp³-hybridized carbons (Fsp3) is 0.533. The second-order valence-electron chi connectivity index (χ2n) is 5.13. The van der Waals surface area contributed by atoms with Crippen molar-refractivity contribution in [2.75, 3.05) is 27.3 Å². The Morgan fingerprint density at radius 2 is 2.38 bits per heavy atom. The van der Waals surface area contributed by atoms with Crippen molar-refractivity contribution < 1.29 is 9.47 Å². The highest BCUT2D eigenvalue weighted by Gasteiger charge is 2.16. The fourth-order valence-electron chi connectivity index (χ4n) is 2.34. The minimum Gasteiger partial charge on any atom is -0.496 e. The SMILES string of the molecule is COc1ccc(Cl)cc1CN(C)C(=S)NC[C@@H]1CCCO1. The zero-order chi connectivity index (χ0) is 15.2. The molecule has 1 fully saturated rings. The van der Waals surface area contributed by atoms with Gasteiger partial charge in [-0.1, -0.05) is 11.6 Å². The number of hydrogen-bond acceptors (Lipinski definition) is 3. The van der Waals surface area contributed by atoms with Crippen molar-refractivity contribution in [2.45, 2.75) is 25.5 Å². The average Bonchev–Trinajstić information content (AvgIpc) is 2.98. The normalized spacial score (nSPS) is 17.6. The van der Waals surface area contributed by atoms with Crippen LogP contribution in [0.3, 0.4) is 0 Å². The largest absolute Gasteiger partial charge is 0.496 e. The number of nitrogens with one attached hydrogen (secondary N) is 1. The molecule has 1 aromatic rings. The molecule has 0 radical (unpaired) electrons. The van der Waals surface area contributed by atoms with Crippen LogP contribution in [0.5, 0.6) is 5.75 Å². The molecule has 0 spiro atoms. The molecular weight excluding hydrogens is 308 g/mol. The highest BCUT2D eigenvalue weighted by molar-refractivity contribution is 7.80. The highest BCUT2D eigenvalue weighted by Crippen LogP contribution is 2.23. The molecule has 1 N–H and O–H groups in total. The van der Waals surface area contributed by atoms with Crippen LogP contribution in [-0.2, 0) is 11.3 Å². The van der Waals surface area contributed by atoms with Gasteiger partial charge in [0.15, 0.2) is 5.11 Å². The van der Waals surface area contributed by atoms with Crippen molar-refractivity contribution in [1.29, 1.82) is 0 Å². The molecule has 0 bridgehead atoms. The van der Waals surface area contributed by atoms with Crippen LogP contribution in [-0.4, -0.2) is 43.4 Å². The lowest BCUT2D eigenvalue weighted by molar-refractivity contribution is 0.113. The lowest BCUT2D eigenvalue weighted by Crippen LogP contribution is -2.40. The van der Waals surface area contributed by atoms with Gasteiger partial charge in [-0.05, 0) is 43.3 Å². The molecule has 0 aliphatic carbocycles. The summed E-state index contributed by atoms with van der Waals surface area (Å²) in [4.78, 5) is 1.97. The topological polar surface area (TPSA) is 33.7 Å².